The first-order valence-corrected chi connectivity index (χ1v) is 6.50. The zero-order valence-corrected chi connectivity index (χ0v) is 11.5. The summed E-state index contributed by atoms with van der Waals surface area (Å²) in [7, 11) is 0. The summed E-state index contributed by atoms with van der Waals surface area (Å²) in [6, 6.07) is 11.2. The van der Waals surface area contributed by atoms with E-state index in [0.717, 1.165) is 10.8 Å². The molecule has 2 aromatic rings. The Hall–Kier alpha value is -2.60. The molecule has 5 N–H and O–H groups in total. The average Bonchev–Trinajstić information content (AvgIpc) is 2.45. The van der Waals surface area contributed by atoms with E-state index >= 15 is 0 Å². The summed E-state index contributed by atoms with van der Waals surface area (Å²) >= 11 is 0. The number of hydrogen-bond acceptors (Lipinski definition) is 4. The molecule has 0 heterocycles. The highest BCUT2D eigenvalue weighted by Gasteiger charge is 2.10. The van der Waals surface area contributed by atoms with Crippen LogP contribution < -0.4 is 16.8 Å². The van der Waals surface area contributed by atoms with E-state index in [1.165, 1.54) is 0 Å². The minimum Gasteiger partial charge on any atom is -0.398 e. The van der Waals surface area contributed by atoms with Gasteiger partial charge in [0.25, 0.3) is 5.91 Å². The summed E-state index contributed by atoms with van der Waals surface area (Å²) in [5.41, 5.74) is 11.7. The second-order valence-corrected chi connectivity index (χ2v) is 4.56. The Morgan fingerprint density at radius 3 is 2.48 bits per heavy atom. The van der Waals surface area contributed by atoms with E-state index in [1.54, 1.807) is 12.1 Å². The molecule has 0 aliphatic rings. The third kappa shape index (κ3) is 3.93. The maximum absolute atomic E-state index is 12.1. The van der Waals surface area contributed by atoms with Crippen molar-refractivity contribution in [2.75, 3.05) is 25.5 Å². The van der Waals surface area contributed by atoms with Crippen LogP contribution in [0.3, 0.4) is 0 Å². The summed E-state index contributed by atoms with van der Waals surface area (Å²) in [5.74, 6) is -0.818. The smallest absolute Gasteiger partial charge is 0.253 e. The quantitative estimate of drug-likeness (QED) is 0.535. The summed E-state index contributed by atoms with van der Waals surface area (Å²) in [6.45, 7) is 0.328. The van der Waals surface area contributed by atoms with Gasteiger partial charge in [-0.05, 0) is 22.9 Å². The Balaban J connectivity index is 1.99. The number of rotatable bonds is 6. The van der Waals surface area contributed by atoms with Crippen LogP contribution in [0.1, 0.15) is 10.4 Å². The number of benzene rings is 2. The van der Waals surface area contributed by atoms with Gasteiger partial charge in [0, 0.05) is 12.2 Å². The van der Waals surface area contributed by atoms with Crippen molar-refractivity contribution in [3.8, 4) is 0 Å². The largest absolute Gasteiger partial charge is 0.398 e. The fourth-order valence-corrected chi connectivity index (χ4v) is 1.96. The van der Waals surface area contributed by atoms with Gasteiger partial charge in [0.05, 0.1) is 12.2 Å². The molecule has 0 saturated heterocycles. The van der Waals surface area contributed by atoms with Crippen LogP contribution >= 0.6 is 0 Å². The van der Waals surface area contributed by atoms with Gasteiger partial charge in [-0.1, -0.05) is 24.3 Å². The van der Waals surface area contributed by atoms with Crippen LogP contribution in [0.4, 0.5) is 5.69 Å². The molecule has 0 bridgehead atoms. The molecule has 0 fully saturated rings. The first kappa shape index (κ1) is 14.8. The maximum Gasteiger partial charge on any atom is 0.253 e. The van der Waals surface area contributed by atoms with Crippen LogP contribution in [-0.4, -0.2) is 31.6 Å². The van der Waals surface area contributed by atoms with Crippen molar-refractivity contribution in [2.24, 2.45) is 5.73 Å². The number of carbonyl (C=O) groups excluding carboxylic acids is 2. The molecular formula is C15H17N3O3. The molecule has 0 spiro atoms. The molecule has 0 aliphatic heterocycles. The van der Waals surface area contributed by atoms with Gasteiger partial charge in [-0.3, -0.25) is 9.59 Å². The summed E-state index contributed by atoms with van der Waals surface area (Å²) < 4.78 is 4.96. The van der Waals surface area contributed by atoms with Crippen LogP contribution in [0.5, 0.6) is 0 Å². The van der Waals surface area contributed by atoms with Gasteiger partial charge in [0.2, 0.25) is 5.91 Å². The minimum atomic E-state index is -0.542. The zero-order valence-electron chi connectivity index (χ0n) is 11.5. The molecule has 0 saturated carbocycles. The topological polar surface area (TPSA) is 107 Å². The van der Waals surface area contributed by atoms with Crippen molar-refractivity contribution in [1.29, 1.82) is 0 Å². The van der Waals surface area contributed by atoms with E-state index in [0.29, 0.717) is 11.3 Å². The number of ether oxygens (including phenoxy) is 1. The Morgan fingerprint density at radius 2 is 1.81 bits per heavy atom. The van der Waals surface area contributed by atoms with Gasteiger partial charge < -0.3 is 21.5 Å². The van der Waals surface area contributed by atoms with Crippen molar-refractivity contribution in [1.82, 2.24) is 5.32 Å². The molecule has 0 aliphatic carbocycles. The molecule has 110 valence electrons. The average molecular weight is 287 g/mol. The number of amides is 2. The minimum absolute atomic E-state index is 0.159. The fraction of sp³-hybridized carbons (Fsp3) is 0.200. The molecule has 0 aromatic heterocycles. The molecule has 2 amide bonds. The van der Waals surface area contributed by atoms with Crippen molar-refractivity contribution in [3.05, 3.63) is 42.0 Å². The van der Waals surface area contributed by atoms with Crippen molar-refractivity contribution in [3.63, 3.8) is 0 Å². The first-order chi connectivity index (χ1) is 10.1. The van der Waals surface area contributed by atoms with Crippen molar-refractivity contribution < 1.29 is 14.3 Å². The molecule has 6 nitrogen and oxygen atoms in total. The second kappa shape index (κ2) is 6.71. The van der Waals surface area contributed by atoms with E-state index in [2.05, 4.69) is 5.32 Å². The molecule has 2 rings (SSSR count). The third-order valence-corrected chi connectivity index (χ3v) is 2.94. The highest BCUT2D eigenvalue weighted by atomic mass is 16.5. The van der Waals surface area contributed by atoms with E-state index in [1.807, 2.05) is 24.3 Å². The molecule has 0 radical (unpaired) electrons. The summed E-state index contributed by atoms with van der Waals surface area (Å²) in [4.78, 5) is 22.5. The number of fused-ring (bicyclic) bond motifs is 1. The van der Waals surface area contributed by atoms with Gasteiger partial charge in [-0.25, -0.2) is 0 Å². The second-order valence-electron chi connectivity index (χ2n) is 4.56. The van der Waals surface area contributed by atoms with Gasteiger partial charge in [0.1, 0.15) is 6.61 Å². The van der Waals surface area contributed by atoms with Crippen LogP contribution in [0.2, 0.25) is 0 Å². The molecule has 21 heavy (non-hydrogen) atoms. The summed E-state index contributed by atoms with van der Waals surface area (Å²) in [5, 5.41) is 4.61. The van der Waals surface area contributed by atoms with E-state index in [4.69, 9.17) is 16.2 Å². The SMILES string of the molecule is NC(=O)COCCNC(=O)c1cc2ccccc2cc1N. The van der Waals surface area contributed by atoms with Crippen LogP contribution in [-0.2, 0) is 9.53 Å². The highest BCUT2D eigenvalue weighted by Crippen LogP contribution is 2.21. The van der Waals surface area contributed by atoms with Crippen LogP contribution in [0.15, 0.2) is 36.4 Å². The summed E-state index contributed by atoms with van der Waals surface area (Å²) in [6.07, 6.45) is 0. The lowest BCUT2D eigenvalue weighted by molar-refractivity contribution is -0.122. The van der Waals surface area contributed by atoms with Crippen molar-refractivity contribution in [2.45, 2.75) is 0 Å². The Morgan fingerprint density at radius 1 is 1.14 bits per heavy atom. The lowest BCUT2D eigenvalue weighted by Gasteiger charge is -2.09. The molecular weight excluding hydrogens is 270 g/mol. The number of nitrogens with one attached hydrogen (secondary N) is 1. The zero-order chi connectivity index (χ0) is 15.2. The van der Waals surface area contributed by atoms with E-state index in [-0.39, 0.29) is 25.7 Å². The monoisotopic (exact) mass is 287 g/mol. The number of nitrogens with two attached hydrogens (primary N) is 2. The van der Waals surface area contributed by atoms with E-state index in [9.17, 15) is 9.59 Å². The predicted molar refractivity (Wildman–Crippen MR) is 80.7 cm³/mol. The normalized spacial score (nSPS) is 10.5. The number of hydrogen-bond donors (Lipinski definition) is 3. The Kier molecular flexibility index (Phi) is 4.73. The molecule has 0 unspecified atom stereocenters. The highest BCUT2D eigenvalue weighted by molar-refractivity contribution is 6.03. The number of carbonyl (C=O) groups is 2. The Bertz CT molecular complexity index is 670. The van der Waals surface area contributed by atoms with Crippen LogP contribution in [0.25, 0.3) is 10.8 Å². The molecule has 2 aromatic carbocycles. The maximum atomic E-state index is 12.1. The lowest BCUT2D eigenvalue weighted by Crippen LogP contribution is -2.29. The van der Waals surface area contributed by atoms with Gasteiger partial charge >= 0.3 is 0 Å². The van der Waals surface area contributed by atoms with E-state index < -0.39 is 5.91 Å². The standard InChI is InChI=1S/C15H17N3O3/c16-13-8-11-4-2-1-3-10(11)7-12(13)15(20)18-5-6-21-9-14(17)19/h1-4,7-8H,5-6,9,16H2,(H2,17,19)(H,18,20). The number of primary amides is 1. The van der Waals surface area contributed by atoms with Gasteiger partial charge in [-0.2, -0.15) is 0 Å². The number of nitrogen functional groups attached to an aromatic ring is 1. The van der Waals surface area contributed by atoms with Gasteiger partial charge in [-0.15, -0.1) is 0 Å². The van der Waals surface area contributed by atoms with Gasteiger partial charge in [0.15, 0.2) is 0 Å². The van der Waals surface area contributed by atoms with Crippen LogP contribution in [0, 0.1) is 0 Å². The predicted octanol–water partition coefficient (Wildman–Crippen LogP) is 0.654. The first-order valence-electron chi connectivity index (χ1n) is 6.50. The molecule has 0 atom stereocenters. The number of anilines is 1. The van der Waals surface area contributed by atoms with Crippen molar-refractivity contribution >= 4 is 28.3 Å². The molecule has 6 heteroatoms. The third-order valence-electron chi connectivity index (χ3n) is 2.94. The fourth-order valence-electron chi connectivity index (χ4n) is 1.96. The Labute approximate surface area is 122 Å². The lowest BCUT2D eigenvalue weighted by atomic mass is 10.0.